The molecule has 0 aromatic rings. The smallest absolute Gasteiger partial charge is 0.279 e. The number of hydrogen-bond donors (Lipinski definition) is 0. The van der Waals surface area contributed by atoms with E-state index in [2.05, 4.69) is 0 Å². The number of imide groups is 1. The highest BCUT2D eigenvalue weighted by Gasteiger charge is 2.43. The monoisotopic (exact) mass is 310 g/mol. The van der Waals surface area contributed by atoms with Gasteiger partial charge in [0.05, 0.1) is 0 Å². The molecule has 0 spiro atoms. The molecule has 0 N–H and O–H groups in total. The maximum absolute atomic E-state index is 12.8. The van der Waals surface area contributed by atoms with Gasteiger partial charge in [0.1, 0.15) is 10.7 Å². The highest BCUT2D eigenvalue weighted by atomic mass is 35.5. The Kier molecular flexibility index (Phi) is 4.53. The Balaban J connectivity index is 1.80. The average molecular weight is 311 g/mol. The van der Waals surface area contributed by atoms with Crippen LogP contribution in [-0.4, -0.2) is 40.7 Å². The van der Waals surface area contributed by atoms with Gasteiger partial charge < -0.3 is 4.90 Å². The molecule has 0 aromatic carbocycles. The molecule has 116 valence electrons. The largest absolute Gasteiger partial charge is 0.366 e. The summed E-state index contributed by atoms with van der Waals surface area (Å²) in [5.41, 5.74) is 0.467. The van der Waals surface area contributed by atoms with E-state index in [0.717, 1.165) is 51.6 Å². The van der Waals surface area contributed by atoms with E-state index in [1.165, 1.54) is 24.2 Å². The van der Waals surface area contributed by atoms with Gasteiger partial charge in [-0.2, -0.15) is 0 Å². The topological polar surface area (TPSA) is 40.6 Å². The molecule has 0 atom stereocenters. The van der Waals surface area contributed by atoms with Crippen LogP contribution < -0.4 is 0 Å². The predicted molar refractivity (Wildman–Crippen MR) is 81.6 cm³/mol. The second-order valence-corrected chi connectivity index (χ2v) is 6.71. The van der Waals surface area contributed by atoms with E-state index < -0.39 is 0 Å². The summed E-state index contributed by atoms with van der Waals surface area (Å²) in [4.78, 5) is 28.7. The average Bonchev–Trinajstić information content (AvgIpc) is 2.70. The molecular weight excluding hydrogens is 288 g/mol. The van der Waals surface area contributed by atoms with Crippen molar-refractivity contribution < 1.29 is 9.59 Å². The van der Waals surface area contributed by atoms with Gasteiger partial charge in [0, 0.05) is 19.1 Å². The first-order chi connectivity index (χ1) is 10.2. The zero-order valence-electron chi connectivity index (χ0n) is 12.4. The van der Waals surface area contributed by atoms with Gasteiger partial charge in [0.15, 0.2) is 0 Å². The molecule has 3 rings (SSSR count). The van der Waals surface area contributed by atoms with Crippen LogP contribution >= 0.6 is 11.6 Å². The van der Waals surface area contributed by atoms with Crippen LogP contribution in [-0.2, 0) is 9.59 Å². The molecule has 0 unspecified atom stereocenters. The lowest BCUT2D eigenvalue weighted by atomic mass is 9.94. The highest BCUT2D eigenvalue weighted by molar-refractivity contribution is 6.47. The molecule has 2 aliphatic heterocycles. The number of nitrogens with zero attached hydrogens (tertiary/aromatic N) is 2. The Morgan fingerprint density at radius 2 is 1.38 bits per heavy atom. The van der Waals surface area contributed by atoms with Crippen LogP contribution in [0.3, 0.4) is 0 Å². The fourth-order valence-corrected chi connectivity index (χ4v) is 4.04. The van der Waals surface area contributed by atoms with Gasteiger partial charge in [-0.1, -0.05) is 43.7 Å². The van der Waals surface area contributed by atoms with Crippen LogP contribution in [0.15, 0.2) is 10.7 Å². The van der Waals surface area contributed by atoms with E-state index in [0.29, 0.717) is 5.70 Å². The number of amides is 2. The Labute approximate surface area is 131 Å². The van der Waals surface area contributed by atoms with Crippen molar-refractivity contribution in [1.29, 1.82) is 0 Å². The van der Waals surface area contributed by atoms with Gasteiger partial charge in [0.25, 0.3) is 11.8 Å². The summed E-state index contributed by atoms with van der Waals surface area (Å²) in [6.45, 7) is 1.67. The lowest BCUT2D eigenvalue weighted by Crippen LogP contribution is -2.43. The molecule has 3 aliphatic rings. The van der Waals surface area contributed by atoms with E-state index in [1.807, 2.05) is 4.90 Å². The maximum Gasteiger partial charge on any atom is 0.279 e. The molecule has 1 saturated carbocycles. The second kappa shape index (κ2) is 6.39. The van der Waals surface area contributed by atoms with Crippen molar-refractivity contribution in [2.45, 2.75) is 63.8 Å². The fourth-order valence-electron chi connectivity index (χ4n) is 3.75. The molecule has 4 nitrogen and oxygen atoms in total. The second-order valence-electron chi connectivity index (χ2n) is 6.34. The van der Waals surface area contributed by atoms with Crippen molar-refractivity contribution in [1.82, 2.24) is 9.80 Å². The molecule has 0 bridgehead atoms. The molecular formula is C16H23ClN2O2. The van der Waals surface area contributed by atoms with Crippen LogP contribution in [0.1, 0.15) is 57.8 Å². The van der Waals surface area contributed by atoms with Gasteiger partial charge in [-0.3, -0.25) is 14.5 Å². The minimum atomic E-state index is -0.271. The number of halogens is 1. The Morgan fingerprint density at radius 1 is 0.810 bits per heavy atom. The summed E-state index contributed by atoms with van der Waals surface area (Å²) in [6, 6.07) is 0.0528. The van der Waals surface area contributed by atoms with Gasteiger partial charge in [0.2, 0.25) is 0 Å². The Bertz CT molecular complexity index is 461. The lowest BCUT2D eigenvalue weighted by molar-refractivity contribution is -0.141. The third kappa shape index (κ3) is 2.83. The van der Waals surface area contributed by atoms with Gasteiger partial charge in [-0.15, -0.1) is 0 Å². The van der Waals surface area contributed by atoms with Crippen molar-refractivity contribution in [3.63, 3.8) is 0 Å². The van der Waals surface area contributed by atoms with Gasteiger partial charge in [-0.05, 0) is 25.7 Å². The van der Waals surface area contributed by atoms with Crippen LogP contribution in [0.25, 0.3) is 0 Å². The number of carbonyl (C=O) groups excluding carboxylic acids is 2. The maximum atomic E-state index is 12.8. The quantitative estimate of drug-likeness (QED) is 0.736. The van der Waals surface area contributed by atoms with Gasteiger partial charge in [-0.25, -0.2) is 0 Å². The number of carbonyl (C=O) groups is 2. The number of rotatable bonds is 2. The van der Waals surface area contributed by atoms with Crippen molar-refractivity contribution in [3.8, 4) is 0 Å². The van der Waals surface area contributed by atoms with Crippen molar-refractivity contribution >= 4 is 23.4 Å². The fraction of sp³-hybridized carbons (Fsp3) is 0.750. The molecule has 2 amide bonds. The number of likely N-dealkylation sites (tertiary alicyclic amines) is 1. The lowest BCUT2D eigenvalue weighted by Gasteiger charge is -2.30. The molecule has 21 heavy (non-hydrogen) atoms. The summed E-state index contributed by atoms with van der Waals surface area (Å²) in [5, 5.41) is 0.146. The first kappa shape index (κ1) is 14.9. The van der Waals surface area contributed by atoms with Crippen molar-refractivity contribution in [3.05, 3.63) is 10.7 Å². The minimum Gasteiger partial charge on any atom is -0.366 e. The SMILES string of the molecule is O=C1C(Cl)=C(N2CCCCCC2)C(=O)N1C1CCCCC1. The zero-order chi connectivity index (χ0) is 14.8. The first-order valence-corrected chi connectivity index (χ1v) is 8.60. The molecule has 1 aliphatic carbocycles. The summed E-state index contributed by atoms with van der Waals surface area (Å²) in [5.74, 6) is -0.424. The molecule has 2 fully saturated rings. The van der Waals surface area contributed by atoms with Crippen LogP contribution in [0.2, 0.25) is 0 Å². The van der Waals surface area contributed by atoms with Gasteiger partial charge >= 0.3 is 0 Å². The predicted octanol–water partition coefficient (Wildman–Crippen LogP) is 3.01. The minimum absolute atomic E-state index is 0.0528. The first-order valence-electron chi connectivity index (χ1n) is 8.23. The molecule has 2 heterocycles. The molecule has 1 saturated heterocycles. The molecule has 5 heteroatoms. The van der Waals surface area contributed by atoms with Crippen LogP contribution in [0.4, 0.5) is 0 Å². The normalized spacial score (nSPS) is 25.8. The van der Waals surface area contributed by atoms with E-state index >= 15 is 0 Å². The third-order valence-corrected chi connectivity index (χ3v) is 5.24. The van der Waals surface area contributed by atoms with Crippen molar-refractivity contribution in [2.75, 3.05) is 13.1 Å². The van der Waals surface area contributed by atoms with E-state index in [9.17, 15) is 9.59 Å². The summed E-state index contributed by atoms with van der Waals surface area (Å²) < 4.78 is 0. The van der Waals surface area contributed by atoms with Crippen LogP contribution in [0.5, 0.6) is 0 Å². The summed E-state index contributed by atoms with van der Waals surface area (Å²) in [7, 11) is 0. The summed E-state index contributed by atoms with van der Waals surface area (Å²) in [6.07, 6.45) is 9.76. The standard InChI is InChI=1S/C16H23ClN2O2/c17-13-14(18-10-6-1-2-7-11-18)16(21)19(15(13)20)12-8-4-3-5-9-12/h12H,1-11H2. The number of hydrogen-bond acceptors (Lipinski definition) is 3. The zero-order valence-corrected chi connectivity index (χ0v) is 13.2. The molecule has 0 aromatic heterocycles. The molecule has 0 radical (unpaired) electrons. The van der Waals surface area contributed by atoms with E-state index in [4.69, 9.17) is 11.6 Å². The summed E-state index contributed by atoms with van der Waals surface area (Å²) >= 11 is 6.25. The Morgan fingerprint density at radius 3 is 2.00 bits per heavy atom. The van der Waals surface area contributed by atoms with E-state index in [1.54, 1.807) is 0 Å². The highest BCUT2D eigenvalue weighted by Crippen LogP contribution is 2.33. The van der Waals surface area contributed by atoms with Crippen LogP contribution in [0, 0.1) is 0 Å². The Hall–Kier alpha value is -1.03. The van der Waals surface area contributed by atoms with Crippen molar-refractivity contribution in [2.24, 2.45) is 0 Å². The third-order valence-electron chi connectivity index (χ3n) is 4.90. The van der Waals surface area contributed by atoms with E-state index in [-0.39, 0.29) is 22.9 Å².